The summed E-state index contributed by atoms with van der Waals surface area (Å²) in [4.78, 5) is 12.2. The molecule has 0 bridgehead atoms. The summed E-state index contributed by atoms with van der Waals surface area (Å²) in [5, 5.41) is 15.3. The van der Waals surface area contributed by atoms with Crippen molar-refractivity contribution in [3.05, 3.63) is 48.0 Å². The largest absolute Gasteiger partial charge is 0.387 e. The molecule has 1 amide bonds. The van der Waals surface area contributed by atoms with Crippen LogP contribution in [0, 0.1) is 5.92 Å². The highest BCUT2D eigenvalue weighted by atomic mass is 16.5. The van der Waals surface area contributed by atoms with E-state index < -0.39 is 12.1 Å². The fourth-order valence-electron chi connectivity index (χ4n) is 3.14. The smallest absolute Gasteiger partial charge is 0.237 e. The van der Waals surface area contributed by atoms with E-state index in [1.165, 1.54) is 0 Å². The zero-order valence-corrected chi connectivity index (χ0v) is 13.7. The normalized spacial score (nSPS) is 18.2. The number of hydrogen-bond acceptors (Lipinski definition) is 4. The fourth-order valence-corrected chi connectivity index (χ4v) is 3.14. The van der Waals surface area contributed by atoms with Crippen LogP contribution in [0.5, 0.6) is 0 Å². The van der Waals surface area contributed by atoms with Crippen molar-refractivity contribution in [2.75, 3.05) is 19.8 Å². The maximum absolute atomic E-state index is 12.2. The molecular formula is C19H24N2O3. The van der Waals surface area contributed by atoms with Crippen LogP contribution in [0.2, 0.25) is 0 Å². The average molecular weight is 328 g/mol. The lowest BCUT2D eigenvalue weighted by molar-refractivity contribution is -0.124. The SMILES string of the molecule is NC(C(=O)NCC(O)c1ccc2ccccc2c1)C1CCOCC1. The zero-order valence-electron chi connectivity index (χ0n) is 13.7. The van der Waals surface area contributed by atoms with Gasteiger partial charge in [0, 0.05) is 19.8 Å². The Morgan fingerprint density at radius 1 is 1.21 bits per heavy atom. The Balaban J connectivity index is 1.57. The van der Waals surface area contributed by atoms with Gasteiger partial charge in [-0.2, -0.15) is 0 Å². The van der Waals surface area contributed by atoms with Crippen LogP contribution in [0.25, 0.3) is 10.8 Å². The maximum Gasteiger partial charge on any atom is 0.237 e. The Bertz CT molecular complexity index is 698. The second kappa shape index (κ2) is 7.75. The van der Waals surface area contributed by atoms with Crippen LogP contribution in [-0.4, -0.2) is 36.8 Å². The molecule has 0 radical (unpaired) electrons. The minimum Gasteiger partial charge on any atom is -0.387 e. The van der Waals surface area contributed by atoms with Gasteiger partial charge in [-0.25, -0.2) is 0 Å². The molecule has 2 aromatic rings. The summed E-state index contributed by atoms with van der Waals surface area (Å²) in [5.74, 6) is -0.0571. The first-order valence-electron chi connectivity index (χ1n) is 8.43. The number of carbonyl (C=O) groups excluding carboxylic acids is 1. The summed E-state index contributed by atoms with van der Waals surface area (Å²) < 4.78 is 5.29. The first-order chi connectivity index (χ1) is 11.6. The van der Waals surface area contributed by atoms with Crippen molar-refractivity contribution in [1.29, 1.82) is 0 Å². The minimum absolute atomic E-state index is 0.150. The Morgan fingerprint density at radius 2 is 1.92 bits per heavy atom. The maximum atomic E-state index is 12.2. The van der Waals surface area contributed by atoms with E-state index in [-0.39, 0.29) is 18.4 Å². The number of hydrogen-bond donors (Lipinski definition) is 3. The molecule has 2 unspecified atom stereocenters. The second-order valence-corrected chi connectivity index (χ2v) is 6.34. The van der Waals surface area contributed by atoms with E-state index in [4.69, 9.17) is 10.5 Å². The molecule has 5 heteroatoms. The van der Waals surface area contributed by atoms with Crippen molar-refractivity contribution in [3.8, 4) is 0 Å². The molecule has 0 saturated carbocycles. The van der Waals surface area contributed by atoms with Crippen molar-refractivity contribution >= 4 is 16.7 Å². The average Bonchev–Trinajstić information content (AvgIpc) is 2.65. The predicted molar refractivity (Wildman–Crippen MR) is 93.4 cm³/mol. The molecule has 4 N–H and O–H groups in total. The van der Waals surface area contributed by atoms with Crippen molar-refractivity contribution in [3.63, 3.8) is 0 Å². The lowest BCUT2D eigenvalue weighted by atomic mass is 9.92. The standard InChI is InChI=1S/C19H24N2O3/c20-18(14-7-9-24-10-8-14)19(23)21-12-17(22)16-6-5-13-3-1-2-4-15(13)11-16/h1-6,11,14,17-18,22H,7-10,12,20H2,(H,21,23). The van der Waals surface area contributed by atoms with Gasteiger partial charge in [-0.1, -0.05) is 36.4 Å². The van der Waals surface area contributed by atoms with Crippen molar-refractivity contribution < 1.29 is 14.6 Å². The molecular weight excluding hydrogens is 304 g/mol. The van der Waals surface area contributed by atoms with E-state index in [9.17, 15) is 9.90 Å². The minimum atomic E-state index is -0.750. The van der Waals surface area contributed by atoms with Crippen LogP contribution in [-0.2, 0) is 9.53 Å². The van der Waals surface area contributed by atoms with Crippen LogP contribution < -0.4 is 11.1 Å². The number of nitrogens with two attached hydrogens (primary N) is 1. The van der Waals surface area contributed by atoms with Gasteiger partial charge in [0.2, 0.25) is 5.91 Å². The molecule has 2 aromatic carbocycles. The third-order valence-electron chi connectivity index (χ3n) is 4.70. The van der Waals surface area contributed by atoms with Gasteiger partial charge in [0.25, 0.3) is 0 Å². The molecule has 0 aliphatic carbocycles. The Morgan fingerprint density at radius 3 is 2.67 bits per heavy atom. The zero-order chi connectivity index (χ0) is 16.9. The molecule has 3 rings (SSSR count). The number of carbonyl (C=O) groups is 1. The van der Waals surface area contributed by atoms with Gasteiger partial charge in [0.15, 0.2) is 0 Å². The van der Waals surface area contributed by atoms with Gasteiger partial charge < -0.3 is 20.9 Å². The van der Waals surface area contributed by atoms with Crippen LogP contribution in [0.3, 0.4) is 0 Å². The topological polar surface area (TPSA) is 84.6 Å². The lowest BCUT2D eigenvalue weighted by Gasteiger charge is -2.27. The molecule has 1 saturated heterocycles. The molecule has 1 aliphatic rings. The lowest BCUT2D eigenvalue weighted by Crippen LogP contribution is -2.47. The summed E-state index contributed by atoms with van der Waals surface area (Å²) in [6.07, 6.45) is 0.865. The quantitative estimate of drug-likeness (QED) is 0.780. The van der Waals surface area contributed by atoms with Gasteiger partial charge in [0.1, 0.15) is 0 Å². The summed E-state index contributed by atoms with van der Waals surface area (Å²) >= 11 is 0. The first-order valence-corrected chi connectivity index (χ1v) is 8.43. The van der Waals surface area contributed by atoms with Gasteiger partial charge >= 0.3 is 0 Å². The third-order valence-corrected chi connectivity index (χ3v) is 4.70. The van der Waals surface area contributed by atoms with E-state index >= 15 is 0 Å². The number of ether oxygens (including phenoxy) is 1. The summed E-state index contributed by atoms with van der Waals surface area (Å²) in [6, 6.07) is 13.2. The molecule has 0 aromatic heterocycles. The number of fused-ring (bicyclic) bond motifs is 1. The highest BCUT2D eigenvalue weighted by Crippen LogP contribution is 2.21. The van der Waals surface area contributed by atoms with E-state index in [2.05, 4.69) is 5.32 Å². The van der Waals surface area contributed by atoms with E-state index in [0.717, 1.165) is 29.2 Å². The molecule has 24 heavy (non-hydrogen) atoms. The predicted octanol–water partition coefficient (Wildman–Crippen LogP) is 1.74. The molecule has 2 atom stereocenters. The third kappa shape index (κ3) is 3.93. The van der Waals surface area contributed by atoms with Crippen LogP contribution in [0.15, 0.2) is 42.5 Å². The highest BCUT2D eigenvalue weighted by Gasteiger charge is 2.26. The number of benzene rings is 2. The Hall–Kier alpha value is -1.95. The summed E-state index contributed by atoms with van der Waals surface area (Å²) in [6.45, 7) is 1.48. The van der Waals surface area contributed by atoms with Crippen LogP contribution in [0.4, 0.5) is 0 Å². The highest BCUT2D eigenvalue weighted by molar-refractivity contribution is 5.83. The molecule has 1 fully saturated rings. The monoisotopic (exact) mass is 328 g/mol. The first kappa shape index (κ1) is 16.9. The van der Waals surface area contributed by atoms with Gasteiger partial charge in [0.05, 0.1) is 12.1 Å². The van der Waals surface area contributed by atoms with E-state index in [1.54, 1.807) is 0 Å². The van der Waals surface area contributed by atoms with Gasteiger partial charge in [-0.3, -0.25) is 4.79 Å². The molecule has 128 valence electrons. The Kier molecular flexibility index (Phi) is 5.45. The number of aliphatic hydroxyl groups is 1. The molecule has 1 heterocycles. The Labute approximate surface area is 141 Å². The fraction of sp³-hybridized carbons (Fsp3) is 0.421. The van der Waals surface area contributed by atoms with Crippen LogP contribution in [0.1, 0.15) is 24.5 Å². The van der Waals surface area contributed by atoms with Crippen LogP contribution >= 0.6 is 0 Å². The second-order valence-electron chi connectivity index (χ2n) is 6.34. The summed E-state index contributed by atoms with van der Waals surface area (Å²) in [5.41, 5.74) is 6.83. The van der Waals surface area contributed by atoms with Gasteiger partial charge in [-0.15, -0.1) is 0 Å². The number of nitrogens with one attached hydrogen (secondary N) is 1. The molecule has 0 spiro atoms. The molecule has 5 nitrogen and oxygen atoms in total. The van der Waals surface area contributed by atoms with E-state index in [1.807, 2.05) is 42.5 Å². The summed E-state index contributed by atoms with van der Waals surface area (Å²) in [7, 11) is 0. The molecule has 1 aliphatic heterocycles. The van der Waals surface area contributed by atoms with Crippen molar-refractivity contribution in [2.45, 2.75) is 25.0 Å². The number of amides is 1. The van der Waals surface area contributed by atoms with Crippen molar-refractivity contribution in [1.82, 2.24) is 5.32 Å². The van der Waals surface area contributed by atoms with Crippen molar-refractivity contribution in [2.24, 2.45) is 11.7 Å². The number of aliphatic hydroxyl groups excluding tert-OH is 1. The van der Waals surface area contributed by atoms with E-state index in [0.29, 0.717) is 13.2 Å². The van der Waals surface area contributed by atoms with Gasteiger partial charge in [-0.05, 0) is 41.2 Å². The number of rotatable bonds is 5.